The molecule has 8 aromatic carbocycles. The molecule has 476 valence electrons. The molecule has 0 N–H and O–H groups in total. The van der Waals surface area contributed by atoms with Gasteiger partial charge in [0.25, 0.3) is 0 Å². The zero-order valence-electron chi connectivity index (χ0n) is 46.3. The number of benzene rings is 8. The Morgan fingerprint density at radius 1 is 0.333 bits per heavy atom. The van der Waals surface area contributed by atoms with Gasteiger partial charge in [0.2, 0.25) is 0 Å². The Morgan fingerprint density at radius 3 is 0.967 bits per heavy atom. The van der Waals surface area contributed by atoms with Gasteiger partial charge in [-0.2, -0.15) is 39.5 Å². The van der Waals surface area contributed by atoms with Crippen molar-refractivity contribution in [2.45, 2.75) is 52.0 Å². The third-order valence-corrected chi connectivity index (χ3v) is 15.5. The van der Waals surface area contributed by atoms with Crippen LogP contribution in [0.2, 0.25) is 0 Å². The normalized spacial score (nSPS) is 11.8. The molecule has 8 rings (SSSR count). The summed E-state index contributed by atoms with van der Waals surface area (Å²) in [7, 11) is -20.2. The molecule has 0 aliphatic rings. The van der Waals surface area contributed by atoms with Gasteiger partial charge in [-0.05, 0) is 162 Å². The van der Waals surface area contributed by atoms with Crippen molar-refractivity contribution in [3.63, 3.8) is 0 Å². The summed E-state index contributed by atoms with van der Waals surface area (Å²) in [6.45, 7) is 17.5. The van der Waals surface area contributed by atoms with E-state index in [1.54, 1.807) is 80.6 Å². The molecule has 0 aliphatic heterocycles. The summed E-state index contributed by atoms with van der Waals surface area (Å²) >= 11 is 0. The first kappa shape index (κ1) is 71.7. The highest BCUT2D eigenvalue weighted by Gasteiger charge is 2.44. The van der Waals surface area contributed by atoms with Crippen LogP contribution in [-0.2, 0) is 59.0 Å². The standard InChI is InChI=1S/C16H10F6O4S.C16H16O4S.C15H11F3O4S.C14H12O4S/c1-2-9-3-5-10(6-4-9)26-11-7-12(15(17,18)19)14(27(23,24)25)13(8-11)16(20,21)22;1-4-13-5-7-14(8-6-13)20-15-9-11(2)16(12(3)10-15)21(17,18)19;1-2-10-3-5-11(6-4-10)22-12-7-8-14(23(19,20)21)13(9-12)15(16,17)18;1-2-11-4-3-5-13(10-11)18-12-6-8-14(9-7-12)19(15,16)17/h2-8H,1H2,(H,23,24,25);4-10H,1H2,2-3H3,(H,17,18,19);2-9H,1H2,(H,19,20,21);2-10H,1H2,(H,15,16,17)/p-4. The topological polar surface area (TPSA) is 266 Å². The molecule has 0 heterocycles. The number of aryl methyl sites for hydroxylation is 2. The minimum Gasteiger partial charge on any atom is -0.744 e. The van der Waals surface area contributed by atoms with Crippen LogP contribution >= 0.6 is 0 Å². The average molecular weight is 1330 g/mol. The number of halogens is 9. The van der Waals surface area contributed by atoms with Crippen LogP contribution in [0.3, 0.4) is 0 Å². The van der Waals surface area contributed by atoms with Crippen molar-refractivity contribution in [2.75, 3.05) is 0 Å². The Bertz CT molecular complexity index is 4330. The summed E-state index contributed by atoms with van der Waals surface area (Å²) in [5, 5.41) is 0. The summed E-state index contributed by atoms with van der Waals surface area (Å²) in [5.74, 6) is 1.13. The molecule has 8 aromatic rings. The highest BCUT2D eigenvalue weighted by molar-refractivity contribution is 7.86. The van der Waals surface area contributed by atoms with Crippen molar-refractivity contribution in [2.24, 2.45) is 0 Å². The molecule has 0 saturated heterocycles. The number of ether oxygens (including phenoxy) is 4. The van der Waals surface area contributed by atoms with Crippen molar-refractivity contribution in [3.8, 4) is 46.0 Å². The van der Waals surface area contributed by atoms with Gasteiger partial charge in [-0.1, -0.05) is 99.2 Å². The molecular weight excluding hydrogens is 1290 g/mol. The SMILES string of the molecule is C=Cc1ccc(Oc2cc(C(F)(F)F)c(S(=O)(=O)[O-])c(C(F)(F)F)c2)cc1.C=Cc1ccc(Oc2cc(C)c(S(=O)(=O)[O-])c(C)c2)cc1.C=Cc1ccc(Oc2ccc(S(=O)(=O)[O-])c(C(F)(F)F)c2)cc1.C=Cc1cccc(Oc2ccc(S(=O)(=O)[O-])cc2)c1. The molecule has 0 radical (unpaired) electrons. The van der Waals surface area contributed by atoms with E-state index in [1.165, 1.54) is 66.7 Å². The molecule has 16 nitrogen and oxygen atoms in total. The zero-order valence-corrected chi connectivity index (χ0v) is 49.6. The quantitative estimate of drug-likeness (QED) is 0.0643. The Hall–Kier alpha value is -9.07. The van der Waals surface area contributed by atoms with E-state index in [9.17, 15) is 91.4 Å². The van der Waals surface area contributed by atoms with Gasteiger partial charge >= 0.3 is 18.5 Å². The van der Waals surface area contributed by atoms with Crippen LogP contribution in [0.25, 0.3) is 24.3 Å². The maximum Gasteiger partial charge on any atom is 0.417 e. The maximum atomic E-state index is 13.1. The van der Waals surface area contributed by atoms with Gasteiger partial charge in [-0.25, -0.2) is 33.7 Å². The number of rotatable bonds is 16. The van der Waals surface area contributed by atoms with E-state index < -0.39 is 91.2 Å². The van der Waals surface area contributed by atoms with Crippen LogP contribution < -0.4 is 18.9 Å². The lowest BCUT2D eigenvalue weighted by Gasteiger charge is -2.22. The monoisotopic (exact) mass is 1330 g/mol. The Balaban J connectivity index is 0.000000220. The van der Waals surface area contributed by atoms with Crippen LogP contribution in [0.4, 0.5) is 39.5 Å². The fraction of sp³-hybridized carbons (Fsp3) is 0.0820. The summed E-state index contributed by atoms with van der Waals surface area (Å²) in [6, 6.07) is 36.8. The maximum absolute atomic E-state index is 13.1. The van der Waals surface area contributed by atoms with Crippen molar-refractivity contribution < 1.29 is 110 Å². The fourth-order valence-corrected chi connectivity index (χ4v) is 10.6. The van der Waals surface area contributed by atoms with Gasteiger partial charge < -0.3 is 37.2 Å². The Morgan fingerprint density at radius 2 is 0.644 bits per heavy atom. The minimum atomic E-state index is -6.09. The van der Waals surface area contributed by atoms with Crippen LogP contribution in [0.5, 0.6) is 46.0 Å². The van der Waals surface area contributed by atoms with E-state index >= 15 is 0 Å². The lowest BCUT2D eigenvalue weighted by molar-refractivity contribution is -0.148. The van der Waals surface area contributed by atoms with E-state index in [-0.39, 0.29) is 39.2 Å². The van der Waals surface area contributed by atoms with Crippen molar-refractivity contribution >= 4 is 64.8 Å². The fourth-order valence-electron chi connectivity index (χ4n) is 7.67. The van der Waals surface area contributed by atoms with Gasteiger partial charge in [0, 0.05) is 0 Å². The highest BCUT2D eigenvalue weighted by atomic mass is 32.2. The second kappa shape index (κ2) is 29.0. The second-order valence-corrected chi connectivity index (χ2v) is 23.5. The first-order valence-electron chi connectivity index (χ1n) is 24.8. The molecule has 0 saturated carbocycles. The summed E-state index contributed by atoms with van der Waals surface area (Å²) in [5.41, 5.74) is -2.03. The summed E-state index contributed by atoms with van der Waals surface area (Å²) in [6.07, 6.45) is -9.64. The van der Waals surface area contributed by atoms with Crippen LogP contribution in [0.15, 0.2) is 210 Å². The number of hydrogen-bond donors (Lipinski definition) is 0. The minimum absolute atomic E-state index is 0.0292. The first-order valence-corrected chi connectivity index (χ1v) is 30.5. The summed E-state index contributed by atoms with van der Waals surface area (Å²) in [4.78, 5) is -4.19. The van der Waals surface area contributed by atoms with Gasteiger partial charge in [0.15, 0.2) is 0 Å². The molecule has 29 heteroatoms. The highest BCUT2D eigenvalue weighted by Crippen LogP contribution is 2.45. The van der Waals surface area contributed by atoms with Crippen LogP contribution in [0.1, 0.15) is 50.1 Å². The second-order valence-electron chi connectivity index (χ2n) is 18.2. The number of alkyl halides is 9. The zero-order chi connectivity index (χ0) is 67.4. The van der Waals surface area contributed by atoms with E-state index in [1.807, 2.05) is 24.3 Å². The smallest absolute Gasteiger partial charge is 0.417 e. The van der Waals surface area contributed by atoms with Crippen LogP contribution in [0, 0.1) is 13.8 Å². The van der Waals surface area contributed by atoms with Gasteiger partial charge in [0.1, 0.15) is 86.5 Å². The Labute approximate surface area is 510 Å². The van der Waals surface area contributed by atoms with Crippen molar-refractivity contribution in [1.82, 2.24) is 0 Å². The lowest BCUT2D eigenvalue weighted by Crippen LogP contribution is -2.20. The Kier molecular flexibility index (Phi) is 23.1. The van der Waals surface area contributed by atoms with Gasteiger partial charge in [-0.15, -0.1) is 0 Å². The largest absolute Gasteiger partial charge is 0.744 e. The number of hydrogen-bond acceptors (Lipinski definition) is 16. The van der Waals surface area contributed by atoms with Gasteiger partial charge in [0.05, 0.1) is 36.3 Å². The van der Waals surface area contributed by atoms with E-state index in [4.69, 9.17) is 18.9 Å². The molecule has 0 aliphatic carbocycles. The molecule has 0 unspecified atom stereocenters. The molecule has 0 atom stereocenters. The first-order chi connectivity index (χ1) is 41.6. The van der Waals surface area contributed by atoms with E-state index in [2.05, 4.69) is 26.3 Å². The predicted molar refractivity (Wildman–Crippen MR) is 309 cm³/mol. The predicted octanol–water partition coefficient (Wildman–Crippen LogP) is 15.8. The molecule has 90 heavy (non-hydrogen) atoms. The molecule has 0 spiro atoms. The lowest BCUT2D eigenvalue weighted by atomic mass is 10.1. The molecule has 0 bridgehead atoms. The molecule has 0 aromatic heterocycles. The van der Waals surface area contributed by atoms with Crippen molar-refractivity contribution in [3.05, 3.63) is 240 Å². The van der Waals surface area contributed by atoms with E-state index in [0.29, 0.717) is 51.8 Å². The van der Waals surface area contributed by atoms with Gasteiger partial charge in [-0.3, -0.25) is 0 Å². The van der Waals surface area contributed by atoms with Crippen molar-refractivity contribution in [1.29, 1.82) is 0 Å². The van der Waals surface area contributed by atoms with E-state index in [0.717, 1.165) is 22.8 Å². The molecule has 0 fully saturated rings. The third-order valence-electron chi connectivity index (χ3n) is 11.6. The summed E-state index contributed by atoms with van der Waals surface area (Å²) < 4.78 is 271. The molecule has 0 amide bonds. The third kappa shape index (κ3) is 20.8. The average Bonchev–Trinajstić information content (AvgIpc) is 1.01. The molecular formula is C61H45F9O16S4-4. The van der Waals surface area contributed by atoms with Crippen LogP contribution in [-0.4, -0.2) is 51.9 Å².